The van der Waals surface area contributed by atoms with E-state index in [0.717, 1.165) is 25.7 Å². The molecule has 1 fully saturated rings. The third-order valence-electron chi connectivity index (χ3n) is 3.23. The molecule has 0 aromatic heterocycles. The molecule has 2 unspecified atom stereocenters. The lowest BCUT2D eigenvalue weighted by Gasteiger charge is -2.18. The fourth-order valence-corrected chi connectivity index (χ4v) is 3.58. The van der Waals surface area contributed by atoms with Gasteiger partial charge in [-0.25, -0.2) is 4.39 Å². The molecule has 3 heteroatoms. The molecule has 90 valence electrons. The largest absolute Gasteiger partial charge is 0.206 e. The van der Waals surface area contributed by atoms with E-state index in [9.17, 15) is 9.65 Å². The van der Waals surface area contributed by atoms with E-state index in [2.05, 4.69) is 6.07 Å². The van der Waals surface area contributed by atoms with Crippen LogP contribution in [0, 0.1) is 23.1 Å². The van der Waals surface area contributed by atoms with Crippen LogP contribution in [0.5, 0.6) is 0 Å². The predicted molar refractivity (Wildman–Crippen MR) is 68.2 cm³/mol. The molecule has 2 rings (SSSR count). The molecule has 1 aromatic rings. The van der Waals surface area contributed by atoms with Crippen molar-refractivity contribution in [3.63, 3.8) is 0 Å². The Kier molecular flexibility index (Phi) is 4.44. The van der Waals surface area contributed by atoms with Gasteiger partial charge in [-0.3, -0.25) is 0 Å². The fourth-order valence-electron chi connectivity index (χ4n) is 2.27. The standard InChI is InChI=1S/C14H16FNS/c15-12-7-4-5-9-14(12)17-13-8-3-1-2-6-11(13)10-16/h4-5,7,9,11,13H,1-3,6,8H2. The van der Waals surface area contributed by atoms with E-state index in [1.54, 1.807) is 12.1 Å². The summed E-state index contributed by atoms with van der Waals surface area (Å²) < 4.78 is 13.6. The Balaban J connectivity index is 2.10. The minimum atomic E-state index is -0.168. The van der Waals surface area contributed by atoms with Gasteiger partial charge in [0.15, 0.2) is 0 Å². The van der Waals surface area contributed by atoms with Crippen LogP contribution in [0.15, 0.2) is 29.2 Å². The van der Waals surface area contributed by atoms with Crippen molar-refractivity contribution in [3.05, 3.63) is 30.1 Å². The minimum absolute atomic E-state index is 0.0714. The van der Waals surface area contributed by atoms with Crippen molar-refractivity contribution in [2.45, 2.75) is 42.2 Å². The summed E-state index contributed by atoms with van der Waals surface area (Å²) in [6, 6.07) is 9.24. The van der Waals surface area contributed by atoms with Crippen LogP contribution in [0.2, 0.25) is 0 Å². The third-order valence-corrected chi connectivity index (χ3v) is 4.69. The second-order valence-corrected chi connectivity index (χ2v) is 5.74. The first-order valence-electron chi connectivity index (χ1n) is 6.12. The summed E-state index contributed by atoms with van der Waals surface area (Å²) in [4.78, 5) is 0.680. The van der Waals surface area contributed by atoms with E-state index in [4.69, 9.17) is 0 Å². The monoisotopic (exact) mass is 249 g/mol. The Labute approximate surface area is 106 Å². The summed E-state index contributed by atoms with van der Waals surface area (Å²) in [5.74, 6) is -0.0967. The average Bonchev–Trinajstić information content (AvgIpc) is 2.57. The van der Waals surface area contributed by atoms with Crippen LogP contribution < -0.4 is 0 Å². The Morgan fingerprint density at radius 3 is 2.71 bits per heavy atom. The van der Waals surface area contributed by atoms with E-state index in [1.165, 1.54) is 24.2 Å². The lowest BCUT2D eigenvalue weighted by molar-refractivity contribution is 0.578. The highest BCUT2D eigenvalue weighted by molar-refractivity contribution is 8.00. The first kappa shape index (κ1) is 12.4. The summed E-state index contributed by atoms with van der Waals surface area (Å²) in [6.07, 6.45) is 5.48. The van der Waals surface area contributed by atoms with Crippen molar-refractivity contribution >= 4 is 11.8 Å². The molecule has 0 amide bonds. The maximum absolute atomic E-state index is 13.6. The van der Waals surface area contributed by atoms with Gasteiger partial charge in [-0.15, -0.1) is 11.8 Å². The van der Waals surface area contributed by atoms with Crippen LogP contribution in [0.25, 0.3) is 0 Å². The Bertz CT molecular complexity index is 413. The number of hydrogen-bond acceptors (Lipinski definition) is 2. The van der Waals surface area contributed by atoms with Crippen LogP contribution in [-0.4, -0.2) is 5.25 Å². The molecule has 1 aromatic carbocycles. The molecule has 0 radical (unpaired) electrons. The van der Waals surface area contributed by atoms with Gasteiger partial charge in [0.25, 0.3) is 0 Å². The van der Waals surface area contributed by atoms with Gasteiger partial charge in [-0.2, -0.15) is 5.26 Å². The molecule has 0 aliphatic heterocycles. The summed E-state index contributed by atoms with van der Waals surface area (Å²) >= 11 is 1.54. The van der Waals surface area contributed by atoms with Crippen LogP contribution >= 0.6 is 11.8 Å². The van der Waals surface area contributed by atoms with Gasteiger partial charge < -0.3 is 0 Å². The van der Waals surface area contributed by atoms with Crippen LogP contribution in [0.4, 0.5) is 4.39 Å². The van der Waals surface area contributed by atoms with Gasteiger partial charge in [-0.1, -0.05) is 31.4 Å². The molecule has 0 bridgehead atoms. The van der Waals surface area contributed by atoms with E-state index in [-0.39, 0.29) is 17.0 Å². The smallest absolute Gasteiger partial charge is 0.136 e. The van der Waals surface area contributed by atoms with Crippen molar-refractivity contribution in [2.75, 3.05) is 0 Å². The number of nitriles is 1. The van der Waals surface area contributed by atoms with E-state index in [1.807, 2.05) is 6.07 Å². The van der Waals surface area contributed by atoms with Crippen LogP contribution in [-0.2, 0) is 0 Å². The van der Waals surface area contributed by atoms with Crippen LogP contribution in [0.1, 0.15) is 32.1 Å². The Morgan fingerprint density at radius 2 is 1.94 bits per heavy atom. The first-order chi connectivity index (χ1) is 8.31. The maximum atomic E-state index is 13.6. The highest BCUT2D eigenvalue weighted by Gasteiger charge is 2.25. The zero-order valence-electron chi connectivity index (χ0n) is 9.73. The van der Waals surface area contributed by atoms with Gasteiger partial charge in [0.2, 0.25) is 0 Å². The minimum Gasteiger partial charge on any atom is -0.206 e. The van der Waals surface area contributed by atoms with Gasteiger partial charge in [0.1, 0.15) is 5.82 Å². The van der Waals surface area contributed by atoms with Crippen molar-refractivity contribution in [3.8, 4) is 6.07 Å². The third kappa shape index (κ3) is 3.23. The van der Waals surface area contributed by atoms with Gasteiger partial charge >= 0.3 is 0 Å². The summed E-state index contributed by atoms with van der Waals surface area (Å²) in [6.45, 7) is 0. The quantitative estimate of drug-likeness (QED) is 0.726. The van der Waals surface area contributed by atoms with Crippen molar-refractivity contribution in [2.24, 2.45) is 5.92 Å². The Morgan fingerprint density at radius 1 is 1.18 bits per heavy atom. The van der Waals surface area contributed by atoms with Crippen LogP contribution in [0.3, 0.4) is 0 Å². The van der Waals surface area contributed by atoms with Gasteiger partial charge in [0.05, 0.1) is 12.0 Å². The number of hydrogen-bond donors (Lipinski definition) is 0. The fraction of sp³-hybridized carbons (Fsp3) is 0.500. The molecule has 0 N–H and O–H groups in total. The Hall–Kier alpha value is -1.01. The molecule has 0 saturated heterocycles. The molecular formula is C14H16FNS. The van der Waals surface area contributed by atoms with E-state index in [0.29, 0.717) is 4.90 Å². The lowest BCUT2D eigenvalue weighted by atomic mass is 10.0. The summed E-state index contributed by atoms with van der Waals surface area (Å²) in [7, 11) is 0. The topological polar surface area (TPSA) is 23.8 Å². The number of benzene rings is 1. The van der Waals surface area contributed by atoms with Gasteiger partial charge in [0, 0.05) is 10.1 Å². The molecule has 2 atom stereocenters. The van der Waals surface area contributed by atoms with E-state index < -0.39 is 0 Å². The molecular weight excluding hydrogens is 233 g/mol. The maximum Gasteiger partial charge on any atom is 0.136 e. The normalized spacial score (nSPS) is 24.9. The van der Waals surface area contributed by atoms with E-state index >= 15 is 0 Å². The average molecular weight is 249 g/mol. The predicted octanol–water partition coefficient (Wildman–Crippen LogP) is 4.39. The summed E-state index contributed by atoms with van der Waals surface area (Å²) in [5.41, 5.74) is 0. The second kappa shape index (κ2) is 6.07. The molecule has 1 aliphatic rings. The lowest BCUT2D eigenvalue weighted by Crippen LogP contribution is -2.14. The molecule has 0 heterocycles. The van der Waals surface area contributed by atoms with Gasteiger partial charge in [-0.05, 0) is 25.0 Å². The molecule has 17 heavy (non-hydrogen) atoms. The number of nitrogens with zero attached hydrogens (tertiary/aromatic N) is 1. The number of halogens is 1. The first-order valence-corrected chi connectivity index (χ1v) is 7.00. The number of thioether (sulfide) groups is 1. The molecule has 1 aliphatic carbocycles. The zero-order chi connectivity index (χ0) is 12.1. The number of rotatable bonds is 2. The second-order valence-electron chi connectivity index (χ2n) is 4.46. The SMILES string of the molecule is N#CC1CCCCCC1Sc1ccccc1F. The highest BCUT2D eigenvalue weighted by atomic mass is 32.2. The van der Waals surface area contributed by atoms with Crippen molar-refractivity contribution in [1.82, 2.24) is 0 Å². The molecule has 1 saturated carbocycles. The summed E-state index contributed by atoms with van der Waals surface area (Å²) in [5, 5.41) is 9.43. The zero-order valence-corrected chi connectivity index (χ0v) is 10.5. The molecule has 1 nitrogen and oxygen atoms in total. The van der Waals surface area contributed by atoms with Crippen molar-refractivity contribution in [1.29, 1.82) is 5.26 Å². The highest BCUT2D eigenvalue weighted by Crippen LogP contribution is 2.37. The molecule has 0 spiro atoms. The van der Waals surface area contributed by atoms with Crippen molar-refractivity contribution < 1.29 is 4.39 Å².